The first-order chi connectivity index (χ1) is 40.5. The van der Waals surface area contributed by atoms with Gasteiger partial charge in [0.05, 0.1) is 22.1 Å². The van der Waals surface area contributed by atoms with E-state index in [0.717, 1.165) is 89.1 Å². The van der Waals surface area contributed by atoms with Gasteiger partial charge in [-0.05, 0) is 103 Å². The van der Waals surface area contributed by atoms with Crippen LogP contribution < -0.4 is 0 Å². The highest BCUT2D eigenvalue weighted by Gasteiger charge is 2.23. The van der Waals surface area contributed by atoms with E-state index in [9.17, 15) is 0 Å². The predicted molar refractivity (Wildman–Crippen MR) is 335 cm³/mol. The zero-order valence-electron chi connectivity index (χ0n) is 45.0. The Morgan fingerprint density at radius 1 is 0.220 bits per heavy atom. The van der Waals surface area contributed by atoms with Crippen molar-refractivity contribution >= 4 is 43.6 Å². The molecule has 82 heavy (non-hydrogen) atoms. The van der Waals surface area contributed by atoms with Crippen LogP contribution in [0.2, 0.25) is 0 Å². The predicted octanol–water partition coefficient (Wildman–Crippen LogP) is 18.2. The van der Waals surface area contributed by atoms with Crippen LogP contribution >= 0.6 is 0 Å². The molecule has 0 unspecified atom stereocenters. The van der Waals surface area contributed by atoms with Crippen molar-refractivity contribution < 1.29 is 0 Å². The molecule has 386 valence electrons. The molecule has 0 N–H and O–H groups in total. The van der Waals surface area contributed by atoms with Gasteiger partial charge in [-0.1, -0.05) is 211 Å². The molecule has 4 heterocycles. The third-order valence-electron chi connectivity index (χ3n) is 15.5. The zero-order valence-corrected chi connectivity index (χ0v) is 45.0. The fraction of sp³-hybridized carbons (Fsp3) is 0.0270. The van der Waals surface area contributed by atoms with Gasteiger partial charge in [-0.3, -0.25) is 0 Å². The SMILES string of the molecule is Cc1ccc2c(c1)c1ccccc1n2-c1ccc(-c2cccc(-c3ccc(-n4c5ccccc5c5cc(C)ccc54)cc3-c3nc(-c4ccccc4)nc(-c4ccccc4)n3)c2)c(-c2nc(-c3ccccc3)nc(-c3ccccc3)n2)c1. The molecular weight excluding hydrogens is 1000 g/mol. The van der Waals surface area contributed by atoms with Gasteiger partial charge in [-0.25, -0.2) is 29.9 Å². The lowest BCUT2D eigenvalue weighted by atomic mass is 9.92. The van der Waals surface area contributed by atoms with E-state index in [0.29, 0.717) is 34.9 Å². The Labute approximate surface area is 474 Å². The monoisotopic (exact) mass is 1050 g/mol. The van der Waals surface area contributed by atoms with Gasteiger partial charge in [0.25, 0.3) is 0 Å². The minimum atomic E-state index is 0.560. The fourth-order valence-electron chi connectivity index (χ4n) is 11.7. The van der Waals surface area contributed by atoms with Crippen LogP contribution in [0.25, 0.3) is 146 Å². The van der Waals surface area contributed by atoms with Gasteiger partial charge in [0, 0.05) is 66.3 Å². The number of hydrogen-bond donors (Lipinski definition) is 0. The summed E-state index contributed by atoms with van der Waals surface area (Å²) in [4.78, 5) is 31.7. The van der Waals surface area contributed by atoms with Crippen molar-refractivity contribution in [2.45, 2.75) is 13.8 Å². The minimum absolute atomic E-state index is 0.560. The summed E-state index contributed by atoms with van der Waals surface area (Å²) in [6.45, 7) is 4.31. The van der Waals surface area contributed by atoms with Crippen LogP contribution in [-0.2, 0) is 0 Å². The maximum Gasteiger partial charge on any atom is 0.164 e. The first kappa shape index (κ1) is 48.2. The fourth-order valence-corrected chi connectivity index (χ4v) is 11.7. The smallest absolute Gasteiger partial charge is 0.164 e. The van der Waals surface area contributed by atoms with Crippen LogP contribution in [0.3, 0.4) is 0 Å². The molecule has 0 bridgehead atoms. The second-order valence-electron chi connectivity index (χ2n) is 20.9. The molecule has 8 heteroatoms. The highest BCUT2D eigenvalue weighted by atomic mass is 15.1. The lowest BCUT2D eigenvalue weighted by Gasteiger charge is -2.17. The minimum Gasteiger partial charge on any atom is -0.309 e. The Bertz CT molecular complexity index is 4510. The highest BCUT2D eigenvalue weighted by molar-refractivity contribution is 6.11. The average molecular weight is 1050 g/mol. The van der Waals surface area contributed by atoms with Crippen molar-refractivity contribution in [2.75, 3.05) is 0 Å². The summed E-state index contributed by atoms with van der Waals surface area (Å²) in [7, 11) is 0. The van der Waals surface area contributed by atoms with E-state index in [1.165, 1.54) is 32.7 Å². The van der Waals surface area contributed by atoms with Gasteiger partial charge in [0.15, 0.2) is 34.9 Å². The van der Waals surface area contributed by atoms with Crippen molar-refractivity contribution in [2.24, 2.45) is 0 Å². The first-order valence-electron chi connectivity index (χ1n) is 27.6. The van der Waals surface area contributed by atoms with Gasteiger partial charge >= 0.3 is 0 Å². The normalized spacial score (nSPS) is 11.5. The molecule has 0 aliphatic heterocycles. The summed E-state index contributed by atoms with van der Waals surface area (Å²) in [5.74, 6) is 3.48. The molecule has 0 fully saturated rings. The number of hydrogen-bond acceptors (Lipinski definition) is 6. The molecule has 0 amide bonds. The van der Waals surface area contributed by atoms with Gasteiger partial charge in [0.2, 0.25) is 0 Å². The Balaban J connectivity index is 0.974. The van der Waals surface area contributed by atoms with Crippen molar-refractivity contribution in [1.29, 1.82) is 0 Å². The van der Waals surface area contributed by atoms with Crippen LogP contribution in [0, 0.1) is 13.8 Å². The Morgan fingerprint density at radius 2 is 0.537 bits per heavy atom. The molecule has 0 atom stereocenters. The van der Waals surface area contributed by atoms with Crippen LogP contribution in [0.1, 0.15) is 11.1 Å². The van der Waals surface area contributed by atoms with Crippen LogP contribution in [0.4, 0.5) is 0 Å². The lowest BCUT2D eigenvalue weighted by molar-refractivity contribution is 1.07. The molecule has 0 saturated heterocycles. The topological polar surface area (TPSA) is 87.2 Å². The number of aromatic nitrogens is 8. The zero-order chi connectivity index (χ0) is 54.7. The van der Waals surface area contributed by atoms with Crippen molar-refractivity contribution in [3.63, 3.8) is 0 Å². The first-order valence-corrected chi connectivity index (χ1v) is 27.6. The molecular formula is C74H50N8. The number of para-hydroxylation sites is 2. The van der Waals surface area contributed by atoms with Crippen molar-refractivity contribution in [3.05, 3.63) is 278 Å². The molecule has 15 aromatic rings. The van der Waals surface area contributed by atoms with Crippen molar-refractivity contribution in [1.82, 2.24) is 39.0 Å². The summed E-state index contributed by atoms with van der Waals surface area (Å²) in [5.41, 5.74) is 18.1. The van der Waals surface area contributed by atoms with Crippen LogP contribution in [0.5, 0.6) is 0 Å². The number of aryl methyl sites for hydroxylation is 2. The third-order valence-corrected chi connectivity index (χ3v) is 15.5. The third kappa shape index (κ3) is 8.58. The van der Waals surface area contributed by atoms with E-state index in [1.807, 2.05) is 72.8 Å². The highest BCUT2D eigenvalue weighted by Crippen LogP contribution is 2.42. The summed E-state index contributed by atoms with van der Waals surface area (Å²) >= 11 is 0. The van der Waals surface area contributed by atoms with Crippen LogP contribution in [0.15, 0.2) is 267 Å². The Kier molecular flexibility index (Phi) is 11.8. The van der Waals surface area contributed by atoms with E-state index in [1.54, 1.807) is 0 Å². The number of nitrogens with zero attached hydrogens (tertiary/aromatic N) is 8. The molecule has 0 spiro atoms. The van der Waals surface area contributed by atoms with Gasteiger partial charge in [0.1, 0.15) is 0 Å². The Morgan fingerprint density at radius 3 is 0.915 bits per heavy atom. The second-order valence-corrected chi connectivity index (χ2v) is 20.9. The van der Waals surface area contributed by atoms with E-state index in [4.69, 9.17) is 29.9 Å². The molecule has 0 radical (unpaired) electrons. The van der Waals surface area contributed by atoms with Gasteiger partial charge in [-0.15, -0.1) is 0 Å². The molecule has 4 aromatic heterocycles. The molecule has 8 nitrogen and oxygen atoms in total. The molecule has 11 aromatic carbocycles. The number of fused-ring (bicyclic) bond motifs is 6. The van der Waals surface area contributed by atoms with Gasteiger partial charge < -0.3 is 9.13 Å². The van der Waals surface area contributed by atoms with E-state index in [-0.39, 0.29) is 0 Å². The lowest BCUT2D eigenvalue weighted by Crippen LogP contribution is -2.03. The maximum atomic E-state index is 5.37. The number of rotatable bonds is 10. The molecule has 0 aliphatic carbocycles. The number of benzene rings is 11. The van der Waals surface area contributed by atoms with E-state index in [2.05, 4.69) is 217 Å². The summed E-state index contributed by atoms with van der Waals surface area (Å²) in [6.07, 6.45) is 0. The molecule has 0 saturated carbocycles. The maximum absolute atomic E-state index is 5.37. The molecule has 0 aliphatic rings. The summed E-state index contributed by atoms with van der Waals surface area (Å²) in [6, 6.07) is 93.6. The van der Waals surface area contributed by atoms with E-state index >= 15 is 0 Å². The van der Waals surface area contributed by atoms with E-state index < -0.39 is 0 Å². The summed E-state index contributed by atoms with van der Waals surface area (Å²) < 4.78 is 4.72. The quantitative estimate of drug-likeness (QED) is 0.136. The van der Waals surface area contributed by atoms with Crippen LogP contribution in [-0.4, -0.2) is 39.0 Å². The standard InChI is InChI=1S/C74H50N8/c1-47-34-40-67-61(42-47)59-30-15-17-32-65(59)81(67)55-36-38-57(63(45-55)73-77-69(49-20-7-3-8-21-49)75-70(78-73)50-22-9-4-10-23-50)53-28-19-29-54(44-53)58-39-37-56(82-66-33-18-16-31-60(66)62-43-48(2)35-41-68(62)82)46-64(58)74-79-71(51-24-11-5-12-25-51)76-72(80-74)52-26-13-6-14-27-52/h3-46H,1-2H3. The Hall–Kier alpha value is -11.0. The largest absolute Gasteiger partial charge is 0.309 e. The van der Waals surface area contributed by atoms with Crippen molar-refractivity contribution in [3.8, 4) is 102 Å². The molecule has 15 rings (SSSR count). The second kappa shape index (κ2) is 20.0. The summed E-state index contributed by atoms with van der Waals surface area (Å²) in [5, 5.41) is 4.79. The average Bonchev–Trinajstić information content (AvgIpc) is 3.68. The van der Waals surface area contributed by atoms with Gasteiger partial charge in [-0.2, -0.15) is 0 Å².